The molecule has 624 valence electrons. The molecule has 4 unspecified atom stereocenters. The first kappa shape index (κ1) is 103. The molecule has 0 bridgehead atoms. The zero-order valence-electron chi connectivity index (χ0n) is 69.4. The van der Waals surface area contributed by atoms with Crippen molar-refractivity contribution in [2.24, 2.45) is 23.7 Å². The highest BCUT2D eigenvalue weighted by Gasteiger charge is 2.31. The average Bonchev–Trinajstić information content (AvgIpc) is 0.916. The van der Waals surface area contributed by atoms with Gasteiger partial charge in [0.15, 0.2) is 12.2 Å². The Balaban J connectivity index is 5.17. The summed E-state index contributed by atoms with van der Waals surface area (Å²) in [7, 11) is -9.93. The molecule has 105 heavy (non-hydrogen) atoms. The van der Waals surface area contributed by atoms with Gasteiger partial charge in [-0.2, -0.15) is 0 Å². The molecule has 19 heteroatoms. The summed E-state index contributed by atoms with van der Waals surface area (Å²) in [6.07, 6.45) is 64.1. The lowest BCUT2D eigenvalue weighted by molar-refractivity contribution is -0.161. The summed E-state index contributed by atoms with van der Waals surface area (Å²) in [5.74, 6) is 1.03. The zero-order chi connectivity index (χ0) is 77.4. The molecule has 0 aliphatic carbocycles. The first-order chi connectivity index (χ1) is 50.6. The maximum absolute atomic E-state index is 13.1. The average molecular weight is 1540 g/mol. The van der Waals surface area contributed by atoms with Crippen molar-refractivity contribution in [3.63, 3.8) is 0 Å². The molecule has 0 fully saturated rings. The van der Waals surface area contributed by atoms with Gasteiger partial charge in [0.25, 0.3) is 0 Å². The first-order valence-corrected chi connectivity index (χ1v) is 47.2. The van der Waals surface area contributed by atoms with E-state index in [-0.39, 0.29) is 25.7 Å². The molecule has 0 spiro atoms. The summed E-state index contributed by atoms with van der Waals surface area (Å²) in [5, 5.41) is 10.7. The number of ether oxygens (including phenoxy) is 4. The number of aliphatic hydroxyl groups excluding tert-OH is 1. The Bertz CT molecular complexity index is 2040. The van der Waals surface area contributed by atoms with Crippen LogP contribution in [-0.4, -0.2) is 96.7 Å². The van der Waals surface area contributed by atoms with Gasteiger partial charge in [0.05, 0.1) is 26.4 Å². The third-order valence-electron chi connectivity index (χ3n) is 20.4. The van der Waals surface area contributed by atoms with Crippen LogP contribution < -0.4 is 0 Å². The molecule has 0 aromatic rings. The number of aliphatic hydroxyl groups is 1. The number of hydrogen-bond donors (Lipinski definition) is 3. The Morgan fingerprint density at radius 2 is 0.457 bits per heavy atom. The third kappa shape index (κ3) is 78.5. The van der Waals surface area contributed by atoms with Crippen LogP contribution in [0.1, 0.15) is 447 Å². The molecule has 0 aliphatic heterocycles. The first-order valence-electron chi connectivity index (χ1n) is 44.2. The number of carbonyl (C=O) groups is 4. The fraction of sp³-hybridized carbons (Fsp3) is 0.953. The number of phosphoric ester groups is 2. The SMILES string of the molecule is CCC(C)CCCCCCCCCCCCCCCCCCCCC(=O)O[C@H](COC(=O)CCCCCCCCCCCC(C)C)COP(=O)(O)OCC(O)COP(=O)(O)OC[C@@H](COC(=O)CCCCCCCCCC(C)C)OC(=O)CCCCCCCCCCCCCCCCCCCCC(C)C. The summed E-state index contributed by atoms with van der Waals surface area (Å²) in [4.78, 5) is 73.1. The fourth-order valence-corrected chi connectivity index (χ4v) is 14.9. The zero-order valence-corrected chi connectivity index (χ0v) is 71.2. The number of phosphoric acid groups is 2. The molecule has 0 aromatic carbocycles. The van der Waals surface area contributed by atoms with Gasteiger partial charge in [0.2, 0.25) is 0 Å². The molecule has 0 saturated heterocycles. The maximum atomic E-state index is 13.1. The van der Waals surface area contributed by atoms with Crippen LogP contribution in [0.25, 0.3) is 0 Å². The van der Waals surface area contributed by atoms with Crippen LogP contribution in [0.3, 0.4) is 0 Å². The number of carbonyl (C=O) groups excluding carboxylic acids is 4. The van der Waals surface area contributed by atoms with E-state index in [1.54, 1.807) is 0 Å². The number of hydrogen-bond acceptors (Lipinski definition) is 15. The van der Waals surface area contributed by atoms with Gasteiger partial charge in [-0.15, -0.1) is 0 Å². The molecule has 0 radical (unpaired) electrons. The van der Waals surface area contributed by atoms with Crippen molar-refractivity contribution in [1.29, 1.82) is 0 Å². The molecular weight excluding hydrogens is 1370 g/mol. The molecule has 0 rings (SSSR count). The van der Waals surface area contributed by atoms with Crippen molar-refractivity contribution in [3.05, 3.63) is 0 Å². The Morgan fingerprint density at radius 1 is 0.267 bits per heavy atom. The lowest BCUT2D eigenvalue weighted by atomic mass is 9.99. The maximum Gasteiger partial charge on any atom is 0.472 e. The van der Waals surface area contributed by atoms with E-state index in [4.69, 9.17) is 37.0 Å². The minimum atomic E-state index is -4.96. The van der Waals surface area contributed by atoms with Crippen LogP contribution in [0.4, 0.5) is 0 Å². The smallest absolute Gasteiger partial charge is 0.462 e. The van der Waals surface area contributed by atoms with Crippen molar-refractivity contribution < 1.29 is 80.2 Å². The van der Waals surface area contributed by atoms with Gasteiger partial charge in [-0.25, -0.2) is 9.13 Å². The van der Waals surface area contributed by atoms with Gasteiger partial charge in [-0.3, -0.25) is 37.3 Å². The van der Waals surface area contributed by atoms with E-state index in [1.165, 1.54) is 244 Å². The normalized spacial score (nSPS) is 14.2. The van der Waals surface area contributed by atoms with Gasteiger partial charge >= 0.3 is 39.5 Å². The molecule has 0 amide bonds. The van der Waals surface area contributed by atoms with Crippen LogP contribution in [0, 0.1) is 23.7 Å². The largest absolute Gasteiger partial charge is 0.472 e. The van der Waals surface area contributed by atoms with Crippen LogP contribution in [0.5, 0.6) is 0 Å². The summed E-state index contributed by atoms with van der Waals surface area (Å²) >= 11 is 0. The quantitative estimate of drug-likeness (QED) is 0.0222. The Morgan fingerprint density at radius 3 is 0.676 bits per heavy atom. The van der Waals surface area contributed by atoms with Gasteiger partial charge in [0, 0.05) is 25.7 Å². The van der Waals surface area contributed by atoms with Crippen molar-refractivity contribution >= 4 is 39.5 Å². The summed E-state index contributed by atoms with van der Waals surface area (Å²) < 4.78 is 68.8. The molecule has 17 nitrogen and oxygen atoms in total. The predicted molar refractivity (Wildman–Crippen MR) is 432 cm³/mol. The van der Waals surface area contributed by atoms with E-state index in [2.05, 4.69) is 55.4 Å². The molecular formula is C86H168O17P2. The van der Waals surface area contributed by atoms with Crippen molar-refractivity contribution in [1.82, 2.24) is 0 Å². The van der Waals surface area contributed by atoms with Crippen LogP contribution in [-0.2, 0) is 65.4 Å². The number of unbranched alkanes of at least 4 members (excludes halogenated alkanes) is 48. The van der Waals surface area contributed by atoms with Crippen LogP contribution in [0.15, 0.2) is 0 Å². The van der Waals surface area contributed by atoms with Gasteiger partial charge in [0.1, 0.15) is 19.3 Å². The lowest BCUT2D eigenvalue weighted by Crippen LogP contribution is -2.30. The van der Waals surface area contributed by atoms with Crippen molar-refractivity contribution in [2.75, 3.05) is 39.6 Å². The highest BCUT2D eigenvalue weighted by atomic mass is 31.2. The van der Waals surface area contributed by atoms with E-state index in [9.17, 15) is 43.2 Å². The minimum absolute atomic E-state index is 0.107. The van der Waals surface area contributed by atoms with Gasteiger partial charge in [-0.1, -0.05) is 396 Å². The standard InChI is InChI=1S/C86H168O17P2/c1-9-79(8)65-57-49-41-33-27-23-19-15-11-13-17-21-25-29-35-44-52-60-68-85(90)102-81(72-96-83(88)66-58-50-42-36-30-32-39-47-55-63-77(4)5)74-100-104(92,93)98-70-80(87)71-99-105(94,95)101-75-82(73-97-84(89)67-59-51-45-37-40-48-56-64-78(6)7)103-86(91)69-61-53-43-34-28-24-20-16-12-10-14-18-22-26-31-38-46-54-62-76(2)3/h76-82,87H,9-75H2,1-8H3,(H,92,93)(H,94,95)/t79?,80?,81-,82-/m1/s1. The number of rotatable bonds is 83. The van der Waals surface area contributed by atoms with E-state index >= 15 is 0 Å². The molecule has 0 heterocycles. The molecule has 6 atom stereocenters. The summed E-state index contributed by atoms with van der Waals surface area (Å²) in [6.45, 7) is 14.3. The van der Waals surface area contributed by atoms with E-state index in [1.807, 2.05) is 0 Å². The molecule has 0 saturated carbocycles. The Hall–Kier alpha value is -1.94. The van der Waals surface area contributed by atoms with Gasteiger partial charge in [-0.05, 0) is 49.4 Å². The summed E-state index contributed by atoms with van der Waals surface area (Å²) in [6, 6.07) is 0. The predicted octanol–water partition coefficient (Wildman–Crippen LogP) is 25.9. The summed E-state index contributed by atoms with van der Waals surface area (Å²) in [5.41, 5.74) is 0. The Kier molecular flexibility index (Phi) is 73.4. The van der Waals surface area contributed by atoms with Crippen LogP contribution >= 0.6 is 15.6 Å². The topological polar surface area (TPSA) is 237 Å². The Labute approximate surface area is 645 Å². The van der Waals surface area contributed by atoms with E-state index in [0.717, 1.165) is 114 Å². The highest BCUT2D eigenvalue weighted by Crippen LogP contribution is 2.45. The molecule has 3 N–H and O–H groups in total. The monoisotopic (exact) mass is 1540 g/mol. The third-order valence-corrected chi connectivity index (χ3v) is 22.3. The van der Waals surface area contributed by atoms with E-state index in [0.29, 0.717) is 31.6 Å². The van der Waals surface area contributed by atoms with Crippen molar-refractivity contribution in [2.45, 2.75) is 465 Å². The molecule has 0 aliphatic rings. The second-order valence-corrected chi connectivity index (χ2v) is 35.5. The minimum Gasteiger partial charge on any atom is -0.462 e. The molecule has 0 aromatic heterocycles. The lowest BCUT2D eigenvalue weighted by Gasteiger charge is -2.21. The van der Waals surface area contributed by atoms with Crippen molar-refractivity contribution in [3.8, 4) is 0 Å². The fourth-order valence-electron chi connectivity index (χ4n) is 13.3. The highest BCUT2D eigenvalue weighted by molar-refractivity contribution is 7.47. The second-order valence-electron chi connectivity index (χ2n) is 32.6. The van der Waals surface area contributed by atoms with Crippen LogP contribution in [0.2, 0.25) is 0 Å². The van der Waals surface area contributed by atoms with E-state index < -0.39 is 97.5 Å². The second kappa shape index (κ2) is 74.8. The number of esters is 4. The van der Waals surface area contributed by atoms with Gasteiger partial charge < -0.3 is 33.8 Å².